The Hall–Kier alpha value is -2.33. The number of sulfonamides is 1. The van der Waals surface area contributed by atoms with Gasteiger partial charge in [-0.25, -0.2) is 13.6 Å². The van der Waals surface area contributed by atoms with Crippen LogP contribution in [0.15, 0.2) is 29.2 Å². The zero-order chi connectivity index (χ0) is 14.8. The Morgan fingerprint density at radius 1 is 1.35 bits per heavy atom. The third kappa shape index (κ3) is 3.16. The lowest BCUT2D eigenvalue weighted by Crippen LogP contribution is -2.27. The van der Waals surface area contributed by atoms with E-state index in [9.17, 15) is 13.2 Å². The van der Waals surface area contributed by atoms with Crippen LogP contribution in [0, 0.1) is 0 Å². The van der Waals surface area contributed by atoms with Crippen LogP contribution in [-0.4, -0.2) is 34.9 Å². The highest BCUT2D eigenvalue weighted by Gasteiger charge is 2.15. The van der Waals surface area contributed by atoms with Crippen molar-refractivity contribution in [2.45, 2.75) is 17.9 Å². The minimum Gasteiger partial charge on any atom is -0.343 e. The van der Waals surface area contributed by atoms with E-state index in [1.165, 1.54) is 12.1 Å². The van der Waals surface area contributed by atoms with Gasteiger partial charge in [0.05, 0.1) is 10.9 Å². The fourth-order valence-corrected chi connectivity index (χ4v) is 2.06. The fraction of sp³-hybridized carbons (Fsp3) is 0.200. The number of tetrazole rings is 1. The standard InChI is InChI=1S/C10H12N6O3S/c1-6(12-10(17)9-13-15-16-14-9)7-2-4-8(5-3-7)20(11,18)19/h2-6H,1H3,(H,12,17)(H2,11,18,19)(H,13,14,15,16). The maximum absolute atomic E-state index is 11.7. The van der Waals surface area contributed by atoms with E-state index in [-0.39, 0.29) is 16.8 Å². The molecular weight excluding hydrogens is 284 g/mol. The highest BCUT2D eigenvalue weighted by Crippen LogP contribution is 2.15. The molecule has 1 amide bonds. The molecule has 2 aromatic rings. The molecule has 1 unspecified atom stereocenters. The Bertz CT molecular complexity index is 695. The molecule has 2 rings (SSSR count). The lowest BCUT2D eigenvalue weighted by atomic mass is 10.1. The summed E-state index contributed by atoms with van der Waals surface area (Å²) in [5.74, 6) is -0.556. The highest BCUT2D eigenvalue weighted by atomic mass is 32.2. The quantitative estimate of drug-likeness (QED) is 0.683. The van der Waals surface area contributed by atoms with Crippen LogP contribution in [0.4, 0.5) is 0 Å². The first-order valence-electron chi connectivity index (χ1n) is 5.55. The number of amides is 1. The molecule has 0 aliphatic rings. The van der Waals surface area contributed by atoms with Crippen LogP contribution in [0.2, 0.25) is 0 Å². The highest BCUT2D eigenvalue weighted by molar-refractivity contribution is 7.89. The molecule has 1 atom stereocenters. The van der Waals surface area contributed by atoms with Gasteiger partial charge in [-0.05, 0) is 29.8 Å². The third-order valence-corrected chi connectivity index (χ3v) is 3.53. The molecule has 10 heteroatoms. The van der Waals surface area contributed by atoms with E-state index in [1.54, 1.807) is 19.1 Å². The molecule has 9 nitrogen and oxygen atoms in total. The summed E-state index contributed by atoms with van der Waals surface area (Å²) in [6, 6.07) is 5.54. The number of carbonyl (C=O) groups excluding carboxylic acids is 1. The van der Waals surface area contributed by atoms with Gasteiger partial charge in [-0.2, -0.15) is 5.21 Å². The number of aromatic nitrogens is 4. The van der Waals surface area contributed by atoms with Gasteiger partial charge in [-0.15, -0.1) is 10.2 Å². The van der Waals surface area contributed by atoms with Gasteiger partial charge in [0, 0.05) is 0 Å². The summed E-state index contributed by atoms with van der Waals surface area (Å²) in [6.45, 7) is 1.74. The minimum atomic E-state index is -3.72. The number of benzene rings is 1. The van der Waals surface area contributed by atoms with Crippen LogP contribution in [0.25, 0.3) is 0 Å². The first-order valence-corrected chi connectivity index (χ1v) is 7.09. The number of carbonyl (C=O) groups is 1. The summed E-state index contributed by atoms with van der Waals surface area (Å²) in [6.07, 6.45) is 0. The van der Waals surface area contributed by atoms with Crippen LogP contribution >= 0.6 is 0 Å². The number of aromatic amines is 1. The predicted molar refractivity (Wildman–Crippen MR) is 67.9 cm³/mol. The smallest absolute Gasteiger partial charge is 0.293 e. The first kappa shape index (κ1) is 14.1. The average Bonchev–Trinajstić information content (AvgIpc) is 2.91. The van der Waals surface area contributed by atoms with Crippen LogP contribution in [-0.2, 0) is 10.0 Å². The topological polar surface area (TPSA) is 144 Å². The SMILES string of the molecule is CC(NC(=O)c1nn[nH]n1)c1ccc(S(N)(=O)=O)cc1. The number of primary sulfonamides is 1. The number of hydrogen-bond acceptors (Lipinski definition) is 6. The number of nitrogens with zero attached hydrogens (tertiary/aromatic N) is 3. The van der Waals surface area contributed by atoms with Gasteiger partial charge in [-0.1, -0.05) is 12.1 Å². The summed E-state index contributed by atoms with van der Waals surface area (Å²) in [5.41, 5.74) is 0.717. The molecule has 20 heavy (non-hydrogen) atoms. The Labute approximate surface area is 114 Å². The summed E-state index contributed by atoms with van der Waals surface area (Å²) < 4.78 is 22.3. The summed E-state index contributed by atoms with van der Waals surface area (Å²) in [7, 11) is -3.72. The molecule has 4 N–H and O–H groups in total. The van der Waals surface area contributed by atoms with Gasteiger partial charge in [0.25, 0.3) is 11.7 Å². The van der Waals surface area contributed by atoms with Gasteiger partial charge >= 0.3 is 0 Å². The van der Waals surface area contributed by atoms with E-state index >= 15 is 0 Å². The fourth-order valence-electron chi connectivity index (χ4n) is 1.55. The number of hydrogen-bond donors (Lipinski definition) is 3. The molecule has 0 aliphatic heterocycles. The molecule has 0 saturated carbocycles. The van der Waals surface area contributed by atoms with Crippen molar-refractivity contribution in [1.82, 2.24) is 25.9 Å². The van der Waals surface area contributed by atoms with E-state index in [0.717, 1.165) is 0 Å². The van der Waals surface area contributed by atoms with E-state index in [1.807, 2.05) is 0 Å². The molecular formula is C10H12N6O3S. The lowest BCUT2D eigenvalue weighted by molar-refractivity contribution is 0.0929. The van der Waals surface area contributed by atoms with Crippen molar-refractivity contribution in [1.29, 1.82) is 0 Å². The van der Waals surface area contributed by atoms with Crippen molar-refractivity contribution in [3.8, 4) is 0 Å². The number of nitrogens with one attached hydrogen (secondary N) is 2. The predicted octanol–water partition coefficient (Wildman–Crippen LogP) is -0.662. The normalized spacial score (nSPS) is 12.9. The van der Waals surface area contributed by atoms with Crippen molar-refractivity contribution in [3.63, 3.8) is 0 Å². The summed E-state index contributed by atoms with van der Waals surface area (Å²) in [4.78, 5) is 11.7. The minimum absolute atomic E-state index is 0.0120. The van der Waals surface area contributed by atoms with Gasteiger partial charge in [0.15, 0.2) is 0 Å². The molecule has 1 aromatic heterocycles. The van der Waals surface area contributed by atoms with Crippen molar-refractivity contribution in [2.24, 2.45) is 5.14 Å². The molecule has 0 spiro atoms. The monoisotopic (exact) mass is 296 g/mol. The van der Waals surface area contributed by atoms with Crippen molar-refractivity contribution >= 4 is 15.9 Å². The molecule has 0 bridgehead atoms. The second-order valence-corrected chi connectivity index (χ2v) is 5.61. The third-order valence-electron chi connectivity index (χ3n) is 2.60. The Kier molecular flexibility index (Phi) is 3.77. The van der Waals surface area contributed by atoms with Crippen LogP contribution < -0.4 is 10.5 Å². The molecule has 1 heterocycles. The second kappa shape index (κ2) is 5.35. The van der Waals surface area contributed by atoms with Crippen LogP contribution in [0.1, 0.15) is 29.1 Å². The summed E-state index contributed by atoms with van der Waals surface area (Å²) in [5, 5.41) is 20.2. The second-order valence-electron chi connectivity index (χ2n) is 4.04. The van der Waals surface area contributed by atoms with Gasteiger partial charge in [0.1, 0.15) is 0 Å². The maximum Gasteiger partial charge on any atom is 0.293 e. The zero-order valence-corrected chi connectivity index (χ0v) is 11.3. The Morgan fingerprint density at radius 2 is 2.00 bits per heavy atom. The number of nitrogens with two attached hydrogens (primary N) is 1. The van der Waals surface area contributed by atoms with E-state index in [0.29, 0.717) is 5.56 Å². The number of H-pyrrole nitrogens is 1. The van der Waals surface area contributed by atoms with Gasteiger partial charge < -0.3 is 5.32 Å². The molecule has 0 radical (unpaired) electrons. The van der Waals surface area contributed by atoms with Crippen molar-refractivity contribution < 1.29 is 13.2 Å². The van der Waals surface area contributed by atoms with E-state index in [4.69, 9.17) is 5.14 Å². The van der Waals surface area contributed by atoms with E-state index < -0.39 is 15.9 Å². The maximum atomic E-state index is 11.7. The van der Waals surface area contributed by atoms with Crippen molar-refractivity contribution in [2.75, 3.05) is 0 Å². The van der Waals surface area contributed by atoms with E-state index in [2.05, 4.69) is 25.9 Å². The molecule has 0 fully saturated rings. The Morgan fingerprint density at radius 3 is 2.50 bits per heavy atom. The molecule has 106 valence electrons. The van der Waals surface area contributed by atoms with Gasteiger partial charge in [0.2, 0.25) is 10.0 Å². The summed E-state index contributed by atoms with van der Waals surface area (Å²) >= 11 is 0. The molecule has 0 aliphatic carbocycles. The Balaban J connectivity index is 2.10. The van der Waals surface area contributed by atoms with Gasteiger partial charge in [-0.3, -0.25) is 4.79 Å². The lowest BCUT2D eigenvalue weighted by Gasteiger charge is -2.13. The zero-order valence-electron chi connectivity index (χ0n) is 10.4. The van der Waals surface area contributed by atoms with Crippen LogP contribution in [0.5, 0.6) is 0 Å². The largest absolute Gasteiger partial charge is 0.343 e. The number of rotatable bonds is 4. The first-order chi connectivity index (χ1) is 9.38. The average molecular weight is 296 g/mol. The van der Waals surface area contributed by atoms with Crippen molar-refractivity contribution in [3.05, 3.63) is 35.7 Å². The molecule has 0 saturated heterocycles. The van der Waals surface area contributed by atoms with Crippen LogP contribution in [0.3, 0.4) is 0 Å². The molecule has 1 aromatic carbocycles.